The Morgan fingerprint density at radius 3 is 2.12 bits per heavy atom. The van der Waals surface area contributed by atoms with Crippen LogP contribution in [0.5, 0.6) is 11.5 Å². The van der Waals surface area contributed by atoms with Crippen molar-refractivity contribution < 1.29 is 73.2 Å². The Morgan fingerprint density at radius 1 is 0.904 bits per heavy atom. The van der Waals surface area contributed by atoms with Gasteiger partial charge in [0.2, 0.25) is 0 Å². The number of rotatable bonds is 8. The number of ether oxygens (including phenoxy) is 1. The van der Waals surface area contributed by atoms with Crippen LogP contribution in [-0.2, 0) is 23.1 Å². The maximum absolute atomic E-state index is 14.5. The third-order valence-corrected chi connectivity index (χ3v) is 6.93. The topological polar surface area (TPSA) is 177 Å². The normalized spacial score (nSPS) is 12.4. The predicted octanol–water partition coefficient (Wildman–Crippen LogP) is 5.14. The minimum absolute atomic E-state index is 0.0138. The third-order valence-electron chi connectivity index (χ3n) is 6.93. The summed E-state index contributed by atoms with van der Waals surface area (Å²) < 4.78 is 141. The predicted molar refractivity (Wildman–Crippen MR) is 153 cm³/mol. The first-order valence-electron chi connectivity index (χ1n) is 13.9. The molecule has 280 valence electrons. The van der Waals surface area contributed by atoms with Gasteiger partial charge in [-0.05, 0) is 48.9 Å². The van der Waals surface area contributed by atoms with E-state index >= 15 is 0 Å². The molecule has 3 heterocycles. The Kier molecular flexibility index (Phi) is 10.1. The summed E-state index contributed by atoms with van der Waals surface area (Å²) in [4.78, 5) is 42.3. The molecule has 0 bridgehead atoms. The average Bonchev–Trinajstić information content (AvgIpc) is 3.66. The van der Waals surface area contributed by atoms with Crippen LogP contribution in [0.25, 0.3) is 5.82 Å². The molecule has 0 spiro atoms. The number of halogens is 10. The van der Waals surface area contributed by atoms with Crippen LogP contribution in [0.1, 0.15) is 43.5 Å². The van der Waals surface area contributed by atoms with Crippen LogP contribution in [0.3, 0.4) is 0 Å². The molecule has 4 N–H and O–H groups in total. The van der Waals surface area contributed by atoms with Crippen molar-refractivity contribution in [2.24, 2.45) is 0 Å². The Balaban J connectivity index is 1.85. The van der Waals surface area contributed by atoms with Gasteiger partial charge in [-0.3, -0.25) is 19.7 Å². The molecule has 14 nitrogen and oxygen atoms in total. The molecule has 0 radical (unpaired) electrons. The van der Waals surface area contributed by atoms with Crippen molar-refractivity contribution >= 4 is 23.6 Å². The van der Waals surface area contributed by atoms with Gasteiger partial charge in [-0.1, -0.05) is 0 Å². The molecular formula is C28H22F10N8O6. The van der Waals surface area contributed by atoms with E-state index in [1.165, 1.54) is 13.0 Å². The number of hydrogen-bond donors (Lipinski definition) is 4. The number of aryl methyl sites for hydroxylation is 1. The van der Waals surface area contributed by atoms with E-state index in [1.807, 2.05) is 0 Å². The number of nitrogens with zero attached hydrogens (tertiary/aromatic N) is 6. The quantitative estimate of drug-likeness (QED) is 0.108. The molecule has 52 heavy (non-hydrogen) atoms. The smallest absolute Gasteiger partial charge is 0.459 e. The fraction of sp³-hybridized carbons (Fsp3) is 0.286. The Morgan fingerprint density at radius 2 is 1.54 bits per heavy atom. The molecule has 4 aromatic rings. The number of carbonyl (C=O) groups excluding carboxylic acids is 3. The number of amides is 3. The van der Waals surface area contributed by atoms with Crippen molar-refractivity contribution in [3.8, 4) is 17.3 Å². The Bertz CT molecular complexity index is 2030. The number of aromatic nitrogens is 5. The van der Waals surface area contributed by atoms with Gasteiger partial charge in [0.1, 0.15) is 22.8 Å². The minimum Gasteiger partial charge on any atom is -0.508 e. The molecule has 1 aromatic carbocycles. The number of phenols is 1. The van der Waals surface area contributed by atoms with Gasteiger partial charge in [-0.25, -0.2) is 19.5 Å². The SMILES string of the molecule is COC(=O)N(C)NC(=O)c1cc(O)cc(C)c1NC(=O)c1cc(Cn2nc(C(F)(F)C(F)(F)F)cc2C(F)(F)C(F)(F)F)nn1-c1ncccc1O. The summed E-state index contributed by atoms with van der Waals surface area (Å²) in [6.45, 7) is -0.181. The molecule has 24 heteroatoms. The summed E-state index contributed by atoms with van der Waals surface area (Å²) in [5.74, 6) is -16.2. The van der Waals surface area contributed by atoms with Gasteiger partial charge in [-0.15, -0.1) is 0 Å². The Hall–Kier alpha value is -6.10. The van der Waals surface area contributed by atoms with Crippen molar-refractivity contribution in [2.75, 3.05) is 19.5 Å². The summed E-state index contributed by atoms with van der Waals surface area (Å²) in [6.07, 6.45) is -12.9. The lowest BCUT2D eigenvalue weighted by Gasteiger charge is -2.20. The molecule has 3 amide bonds. The van der Waals surface area contributed by atoms with E-state index < -0.39 is 105 Å². The van der Waals surface area contributed by atoms with Crippen LogP contribution in [0.2, 0.25) is 0 Å². The monoisotopic (exact) mass is 756 g/mol. The minimum atomic E-state index is -6.50. The number of pyridine rings is 1. The van der Waals surface area contributed by atoms with E-state index in [4.69, 9.17) is 0 Å². The van der Waals surface area contributed by atoms with Gasteiger partial charge < -0.3 is 20.3 Å². The number of aromatic hydroxyl groups is 2. The molecule has 4 rings (SSSR count). The van der Waals surface area contributed by atoms with Crippen LogP contribution >= 0.6 is 0 Å². The van der Waals surface area contributed by atoms with Crippen LogP contribution in [0.4, 0.5) is 54.4 Å². The summed E-state index contributed by atoms with van der Waals surface area (Å²) in [5.41, 5.74) is -5.13. The zero-order valence-electron chi connectivity index (χ0n) is 26.2. The van der Waals surface area contributed by atoms with Crippen LogP contribution in [-0.4, -0.2) is 84.2 Å². The van der Waals surface area contributed by atoms with Gasteiger partial charge in [0.15, 0.2) is 11.6 Å². The second-order valence-corrected chi connectivity index (χ2v) is 10.6. The number of phenolic OH excluding ortho intramolecular Hbond substituents is 1. The van der Waals surface area contributed by atoms with Crippen LogP contribution in [0, 0.1) is 6.92 Å². The van der Waals surface area contributed by atoms with Crippen molar-refractivity contribution in [3.05, 3.63) is 76.5 Å². The molecule has 0 saturated carbocycles. The maximum atomic E-state index is 14.5. The first kappa shape index (κ1) is 38.7. The number of benzene rings is 1. The maximum Gasteiger partial charge on any atom is 0.459 e. The molecule has 0 atom stereocenters. The highest BCUT2D eigenvalue weighted by Crippen LogP contribution is 2.48. The largest absolute Gasteiger partial charge is 0.508 e. The van der Waals surface area contributed by atoms with E-state index in [2.05, 4.69) is 30.7 Å². The van der Waals surface area contributed by atoms with Gasteiger partial charge in [-0.2, -0.15) is 54.1 Å². The van der Waals surface area contributed by atoms with Gasteiger partial charge >= 0.3 is 30.3 Å². The number of hydrazine groups is 1. The lowest BCUT2D eigenvalue weighted by atomic mass is 10.1. The fourth-order valence-electron chi connectivity index (χ4n) is 4.46. The van der Waals surface area contributed by atoms with Crippen molar-refractivity contribution in [1.29, 1.82) is 0 Å². The fourth-order valence-corrected chi connectivity index (χ4v) is 4.46. The molecule has 0 saturated heterocycles. The highest BCUT2D eigenvalue weighted by atomic mass is 19.4. The van der Waals surface area contributed by atoms with Gasteiger partial charge in [0.05, 0.1) is 30.6 Å². The molecular weight excluding hydrogens is 734 g/mol. The summed E-state index contributed by atoms with van der Waals surface area (Å²) >= 11 is 0. The highest BCUT2D eigenvalue weighted by molar-refractivity contribution is 6.09. The molecule has 0 fully saturated rings. The van der Waals surface area contributed by atoms with Gasteiger partial charge in [0.25, 0.3) is 11.8 Å². The first-order valence-corrected chi connectivity index (χ1v) is 13.9. The lowest BCUT2D eigenvalue weighted by molar-refractivity contribution is -0.292. The number of anilines is 1. The molecule has 0 aliphatic rings. The number of carbonyl (C=O) groups is 3. The zero-order valence-corrected chi connectivity index (χ0v) is 26.2. The lowest BCUT2D eigenvalue weighted by Crippen LogP contribution is -2.43. The third kappa shape index (κ3) is 7.34. The molecule has 0 aliphatic heterocycles. The second kappa shape index (κ2) is 13.6. The van der Waals surface area contributed by atoms with Crippen molar-refractivity contribution in [2.45, 2.75) is 37.7 Å². The van der Waals surface area contributed by atoms with Crippen molar-refractivity contribution in [3.63, 3.8) is 0 Å². The van der Waals surface area contributed by atoms with Crippen LogP contribution in [0.15, 0.2) is 42.6 Å². The average molecular weight is 757 g/mol. The van der Waals surface area contributed by atoms with E-state index in [-0.39, 0.29) is 11.3 Å². The van der Waals surface area contributed by atoms with Gasteiger partial charge in [0, 0.05) is 13.2 Å². The zero-order chi connectivity index (χ0) is 39.1. The Labute approximate surface area is 283 Å². The molecule has 0 aliphatic carbocycles. The van der Waals surface area contributed by atoms with E-state index in [1.54, 1.807) is 0 Å². The standard InChI is InChI=1S/C28H22F10N8O6/c1-12-7-14(47)9-15(22(49)43-44(2)24(51)52-3)20(12)40-23(50)16-8-13(41-46(16)21-17(48)5-4-6-39-21)11-45-19(26(31,32)28(36,37)38)10-18(42-45)25(29,30)27(33,34)35/h4-10,47-48H,11H2,1-3H3,(H,40,50)(H,43,49). The summed E-state index contributed by atoms with van der Waals surface area (Å²) in [5, 5.41) is 29.9. The number of nitrogens with one attached hydrogen (secondary N) is 2. The number of alkyl halides is 10. The molecule has 3 aromatic heterocycles. The summed E-state index contributed by atoms with van der Waals surface area (Å²) in [6, 6.07) is 4.06. The number of methoxy groups -OCH3 is 1. The number of hydrogen-bond acceptors (Lipinski definition) is 9. The summed E-state index contributed by atoms with van der Waals surface area (Å²) in [7, 11) is 2.08. The van der Waals surface area contributed by atoms with E-state index in [0.717, 1.165) is 38.6 Å². The van der Waals surface area contributed by atoms with Crippen LogP contribution < -0.4 is 10.7 Å². The second-order valence-electron chi connectivity index (χ2n) is 10.6. The van der Waals surface area contributed by atoms with E-state index in [0.29, 0.717) is 15.8 Å². The molecule has 0 unspecified atom stereocenters. The van der Waals surface area contributed by atoms with Crippen molar-refractivity contribution in [1.82, 2.24) is 35.0 Å². The highest BCUT2D eigenvalue weighted by Gasteiger charge is 2.64. The first-order chi connectivity index (χ1) is 23.9. The van der Waals surface area contributed by atoms with E-state index in [9.17, 15) is 68.5 Å².